The van der Waals surface area contributed by atoms with E-state index in [9.17, 15) is 9.59 Å². The van der Waals surface area contributed by atoms with E-state index >= 15 is 0 Å². The molecule has 0 radical (unpaired) electrons. The summed E-state index contributed by atoms with van der Waals surface area (Å²) in [4.78, 5) is 30.1. The van der Waals surface area contributed by atoms with Crippen molar-refractivity contribution in [3.8, 4) is 17.0 Å². The third-order valence-corrected chi connectivity index (χ3v) is 6.41. The Labute approximate surface area is 214 Å². The van der Waals surface area contributed by atoms with Gasteiger partial charge in [0.25, 0.3) is 11.8 Å². The van der Waals surface area contributed by atoms with E-state index in [0.717, 1.165) is 29.7 Å². The Hall–Kier alpha value is -3.91. The van der Waals surface area contributed by atoms with Gasteiger partial charge in [-0.25, -0.2) is 4.98 Å². The number of amides is 2. The number of carbonyl (C=O) groups is 2. The van der Waals surface area contributed by atoms with Crippen LogP contribution in [0.25, 0.3) is 11.3 Å². The highest BCUT2D eigenvalue weighted by Gasteiger charge is 2.19. The number of thiazole rings is 1. The average Bonchev–Trinajstić information content (AvgIpc) is 3.55. The largest absolute Gasteiger partial charge is 0.494 e. The van der Waals surface area contributed by atoms with E-state index in [4.69, 9.17) is 9.15 Å². The first kappa shape index (κ1) is 25.2. The van der Waals surface area contributed by atoms with Crippen molar-refractivity contribution in [3.63, 3.8) is 0 Å². The first-order valence-electron chi connectivity index (χ1n) is 12.0. The van der Waals surface area contributed by atoms with Gasteiger partial charge in [0.15, 0.2) is 10.9 Å². The summed E-state index contributed by atoms with van der Waals surface area (Å²) in [5.41, 5.74) is 2.99. The van der Waals surface area contributed by atoms with Crippen LogP contribution in [0.2, 0.25) is 0 Å². The molecule has 7 nitrogen and oxygen atoms in total. The molecular formula is C28H29N3O4S. The number of carbonyl (C=O) groups excluding carboxylic acids is 2. The summed E-state index contributed by atoms with van der Waals surface area (Å²) in [6.07, 6.45) is 6.00. The summed E-state index contributed by atoms with van der Waals surface area (Å²) in [6, 6.07) is 18.1. The molecule has 2 N–H and O–H groups in total. The monoisotopic (exact) mass is 503 g/mol. The highest BCUT2D eigenvalue weighted by Crippen LogP contribution is 2.36. The van der Waals surface area contributed by atoms with Crippen LogP contribution < -0.4 is 15.4 Å². The highest BCUT2D eigenvalue weighted by molar-refractivity contribution is 7.20. The number of anilines is 2. The fourth-order valence-electron chi connectivity index (χ4n) is 3.53. The van der Waals surface area contributed by atoms with Crippen LogP contribution in [0, 0.1) is 6.92 Å². The fourth-order valence-corrected chi connectivity index (χ4v) is 4.41. The molecule has 0 fully saturated rings. The minimum absolute atomic E-state index is 0.191. The lowest BCUT2D eigenvalue weighted by Crippen LogP contribution is -2.11. The second-order valence-corrected chi connectivity index (χ2v) is 9.38. The number of ether oxygens (including phenoxy) is 1. The molecule has 186 valence electrons. The van der Waals surface area contributed by atoms with Gasteiger partial charge in [-0.15, -0.1) is 0 Å². The van der Waals surface area contributed by atoms with Crippen LogP contribution in [0.4, 0.5) is 10.1 Å². The molecule has 0 unspecified atom stereocenters. The molecule has 0 atom stereocenters. The molecule has 0 aliphatic rings. The Morgan fingerprint density at radius 2 is 1.72 bits per heavy atom. The standard InChI is InChI=1S/C28H29N3O4S/c1-3-4-5-6-17-34-22-15-13-21(14-16-22)25(32)31-28-29-24(20-11-9-19(2)10-12-20)27(36-28)30-26(33)23-8-7-18-35-23/h7-16,18H,3-6,17H2,1-2H3,(H,30,33)(H,29,31,32). The molecule has 2 heterocycles. The minimum Gasteiger partial charge on any atom is -0.494 e. The van der Waals surface area contributed by atoms with E-state index in [1.807, 2.05) is 31.2 Å². The van der Waals surface area contributed by atoms with Gasteiger partial charge >= 0.3 is 0 Å². The van der Waals surface area contributed by atoms with Crippen molar-refractivity contribution in [1.82, 2.24) is 4.98 Å². The number of benzene rings is 2. The van der Waals surface area contributed by atoms with Crippen molar-refractivity contribution in [2.45, 2.75) is 39.5 Å². The second-order valence-electron chi connectivity index (χ2n) is 8.38. The normalized spacial score (nSPS) is 10.7. The number of rotatable bonds is 11. The molecule has 2 aromatic carbocycles. The van der Waals surface area contributed by atoms with Gasteiger partial charge in [-0.3, -0.25) is 14.9 Å². The van der Waals surface area contributed by atoms with E-state index < -0.39 is 0 Å². The van der Waals surface area contributed by atoms with Crippen molar-refractivity contribution in [2.24, 2.45) is 0 Å². The topological polar surface area (TPSA) is 93.5 Å². The average molecular weight is 504 g/mol. The van der Waals surface area contributed by atoms with Crippen LogP contribution >= 0.6 is 11.3 Å². The van der Waals surface area contributed by atoms with E-state index in [2.05, 4.69) is 22.5 Å². The molecule has 2 aromatic heterocycles. The Morgan fingerprint density at radius 1 is 0.944 bits per heavy atom. The summed E-state index contributed by atoms with van der Waals surface area (Å²) in [5.74, 6) is 0.246. The molecule has 2 amide bonds. The van der Waals surface area contributed by atoms with Crippen molar-refractivity contribution < 1.29 is 18.7 Å². The number of nitrogens with zero attached hydrogens (tertiary/aromatic N) is 1. The number of hydrogen-bond donors (Lipinski definition) is 2. The Morgan fingerprint density at radius 3 is 2.42 bits per heavy atom. The van der Waals surface area contributed by atoms with Crippen LogP contribution in [0.5, 0.6) is 5.75 Å². The third-order valence-electron chi connectivity index (χ3n) is 5.53. The Kier molecular flexibility index (Phi) is 8.52. The predicted molar refractivity (Wildman–Crippen MR) is 143 cm³/mol. The predicted octanol–water partition coefficient (Wildman–Crippen LogP) is 7.18. The van der Waals surface area contributed by atoms with Crippen LogP contribution in [-0.4, -0.2) is 23.4 Å². The van der Waals surface area contributed by atoms with E-state index in [1.165, 1.54) is 30.4 Å². The van der Waals surface area contributed by atoms with Gasteiger partial charge in [-0.1, -0.05) is 67.4 Å². The number of nitrogens with one attached hydrogen (secondary N) is 2. The second kappa shape index (κ2) is 12.2. The molecule has 0 aliphatic heterocycles. The molecule has 0 bridgehead atoms. The lowest BCUT2D eigenvalue weighted by atomic mass is 10.1. The maximum atomic E-state index is 12.9. The molecule has 36 heavy (non-hydrogen) atoms. The number of furan rings is 1. The van der Waals surface area contributed by atoms with Gasteiger partial charge < -0.3 is 14.5 Å². The SMILES string of the molecule is CCCCCCOc1ccc(C(=O)Nc2nc(-c3ccc(C)cc3)c(NC(=O)c3ccco3)s2)cc1. The fraction of sp³-hybridized carbons (Fsp3) is 0.250. The third kappa shape index (κ3) is 6.60. The van der Waals surface area contributed by atoms with Crippen molar-refractivity contribution in [2.75, 3.05) is 17.2 Å². The number of hydrogen-bond acceptors (Lipinski definition) is 6. The summed E-state index contributed by atoms with van der Waals surface area (Å²) >= 11 is 1.19. The van der Waals surface area contributed by atoms with E-state index in [1.54, 1.807) is 36.4 Å². The smallest absolute Gasteiger partial charge is 0.292 e. The van der Waals surface area contributed by atoms with Gasteiger partial charge in [-0.2, -0.15) is 0 Å². The number of aromatic nitrogens is 1. The highest BCUT2D eigenvalue weighted by atomic mass is 32.1. The zero-order chi connectivity index (χ0) is 25.3. The van der Waals surface area contributed by atoms with Crippen molar-refractivity contribution in [3.05, 3.63) is 83.8 Å². The Bertz CT molecular complexity index is 1280. The van der Waals surface area contributed by atoms with Crippen molar-refractivity contribution in [1.29, 1.82) is 0 Å². The van der Waals surface area contributed by atoms with Gasteiger partial charge in [0.2, 0.25) is 0 Å². The summed E-state index contributed by atoms with van der Waals surface area (Å²) in [7, 11) is 0. The first-order chi connectivity index (χ1) is 17.5. The lowest BCUT2D eigenvalue weighted by molar-refractivity contribution is 0.0995. The molecule has 0 saturated heterocycles. The van der Waals surface area contributed by atoms with Crippen LogP contribution in [0.3, 0.4) is 0 Å². The maximum absolute atomic E-state index is 12.9. The summed E-state index contributed by atoms with van der Waals surface area (Å²) < 4.78 is 11.0. The lowest BCUT2D eigenvalue weighted by Gasteiger charge is -2.07. The van der Waals surface area contributed by atoms with E-state index in [0.29, 0.717) is 28.0 Å². The van der Waals surface area contributed by atoms with Gasteiger partial charge in [-0.05, 0) is 49.7 Å². The van der Waals surface area contributed by atoms with Crippen LogP contribution in [0.15, 0.2) is 71.3 Å². The van der Waals surface area contributed by atoms with Gasteiger partial charge in [0, 0.05) is 11.1 Å². The van der Waals surface area contributed by atoms with Gasteiger partial charge in [0.05, 0.1) is 12.9 Å². The molecular weight excluding hydrogens is 474 g/mol. The van der Waals surface area contributed by atoms with Crippen LogP contribution in [0.1, 0.15) is 59.1 Å². The Balaban J connectivity index is 1.47. The maximum Gasteiger partial charge on any atom is 0.292 e. The molecule has 4 rings (SSSR count). The molecule has 8 heteroatoms. The quantitative estimate of drug-likeness (QED) is 0.212. The zero-order valence-corrected chi connectivity index (χ0v) is 21.2. The van der Waals surface area contributed by atoms with Crippen molar-refractivity contribution >= 4 is 33.3 Å². The molecule has 0 spiro atoms. The minimum atomic E-state index is -0.389. The summed E-state index contributed by atoms with van der Waals surface area (Å²) in [5, 5.41) is 6.59. The molecule has 0 aliphatic carbocycles. The van der Waals surface area contributed by atoms with Crippen LogP contribution in [-0.2, 0) is 0 Å². The van der Waals surface area contributed by atoms with E-state index in [-0.39, 0.29) is 17.6 Å². The number of unbranched alkanes of at least 4 members (excludes halogenated alkanes) is 3. The molecule has 0 saturated carbocycles. The number of aryl methyl sites for hydroxylation is 1. The van der Waals surface area contributed by atoms with Gasteiger partial charge in [0.1, 0.15) is 16.4 Å². The summed E-state index contributed by atoms with van der Waals surface area (Å²) in [6.45, 7) is 4.84. The first-order valence-corrected chi connectivity index (χ1v) is 12.8. The zero-order valence-electron chi connectivity index (χ0n) is 20.4. The molecule has 4 aromatic rings.